The van der Waals surface area contributed by atoms with Crippen molar-refractivity contribution >= 4 is 120 Å². The van der Waals surface area contributed by atoms with Crippen LogP contribution in [-0.4, -0.2) is 18.4 Å². The van der Waals surface area contributed by atoms with Gasteiger partial charge in [0, 0.05) is 59.7 Å². The summed E-state index contributed by atoms with van der Waals surface area (Å²) in [5, 5.41) is 16.2. The van der Waals surface area contributed by atoms with Gasteiger partial charge >= 0.3 is 0 Å². The summed E-state index contributed by atoms with van der Waals surface area (Å²) in [6, 6.07) is 67.3. The first-order valence-electron chi connectivity index (χ1n) is 20.4. The lowest BCUT2D eigenvalue weighted by Gasteiger charge is -2.12. The summed E-state index contributed by atoms with van der Waals surface area (Å²) in [5.74, 6) is 0. The van der Waals surface area contributed by atoms with Crippen molar-refractivity contribution in [1.29, 1.82) is 0 Å². The number of para-hydroxylation sites is 4. The molecule has 15 rings (SSSR count). The molecule has 0 aliphatic carbocycles. The molecule has 15 aromatic rings. The Hall–Kier alpha value is -7.95. The van der Waals surface area contributed by atoms with Crippen LogP contribution in [0.5, 0.6) is 0 Å². The van der Waals surface area contributed by atoms with Gasteiger partial charge in [0.25, 0.3) is 0 Å². The Morgan fingerprint density at radius 2 is 0.949 bits per heavy atom. The second-order valence-corrected chi connectivity index (χ2v) is 16.3. The van der Waals surface area contributed by atoms with Crippen LogP contribution in [0, 0.1) is 0 Å². The highest BCUT2D eigenvalue weighted by atomic mass is 15.0. The Morgan fingerprint density at radius 1 is 0.339 bits per heavy atom. The van der Waals surface area contributed by atoms with E-state index >= 15 is 0 Å². The normalized spacial score (nSPS) is 12.7. The number of rotatable bonds is 2. The average molecular weight is 747 g/mol. The van der Waals surface area contributed by atoms with E-state index in [9.17, 15) is 0 Å². The monoisotopic (exact) mass is 746 g/mol. The first kappa shape index (κ1) is 30.2. The average Bonchev–Trinajstić information content (AvgIpc) is 4.08. The zero-order valence-corrected chi connectivity index (χ0v) is 31.6. The lowest BCUT2D eigenvalue weighted by atomic mass is 9.93. The molecule has 4 nitrogen and oxygen atoms in total. The van der Waals surface area contributed by atoms with Crippen molar-refractivity contribution in [3.05, 3.63) is 182 Å². The maximum absolute atomic E-state index is 5.73. The molecule has 0 spiro atoms. The second kappa shape index (κ2) is 10.5. The van der Waals surface area contributed by atoms with Crippen LogP contribution in [0.15, 0.2) is 182 Å². The molecule has 0 atom stereocenters. The summed E-state index contributed by atoms with van der Waals surface area (Å²) in [5.41, 5.74) is 14.1. The zero-order chi connectivity index (χ0) is 38.1. The van der Waals surface area contributed by atoms with E-state index in [0.29, 0.717) is 0 Å². The maximum atomic E-state index is 5.73. The van der Waals surface area contributed by atoms with Gasteiger partial charge in [0.15, 0.2) is 0 Å². The minimum Gasteiger partial charge on any atom is -0.309 e. The predicted molar refractivity (Wildman–Crippen MR) is 248 cm³/mol. The van der Waals surface area contributed by atoms with Crippen LogP contribution < -0.4 is 0 Å². The molecule has 0 amide bonds. The first-order valence-corrected chi connectivity index (χ1v) is 20.4. The zero-order valence-electron chi connectivity index (χ0n) is 31.6. The predicted octanol–water partition coefficient (Wildman–Crippen LogP) is 14.5. The molecule has 0 N–H and O–H groups in total. The van der Waals surface area contributed by atoms with E-state index in [1.54, 1.807) is 0 Å². The molecule has 0 aliphatic rings. The Bertz CT molecular complexity index is 4300. The molecule has 0 unspecified atom stereocenters. The number of hydrogen-bond acceptors (Lipinski definition) is 1. The van der Waals surface area contributed by atoms with E-state index in [1.807, 2.05) is 0 Å². The Balaban J connectivity index is 1.15. The van der Waals surface area contributed by atoms with Crippen LogP contribution in [0.2, 0.25) is 0 Å². The van der Waals surface area contributed by atoms with Gasteiger partial charge in [-0.25, -0.2) is 4.98 Å². The summed E-state index contributed by atoms with van der Waals surface area (Å²) < 4.78 is 7.37. The molecule has 0 saturated carbocycles. The van der Waals surface area contributed by atoms with E-state index in [1.165, 1.54) is 114 Å². The Kier molecular flexibility index (Phi) is 5.38. The SMILES string of the molecule is c1ccc(-n2c3ccccc3c3cc(-c4cc5ccccc5c5c6c7ccccc7cc7c8nc9c(cc8n(c45)c76)c4cccc5c6ccccc6n9c54)ccc32)cc1. The third kappa shape index (κ3) is 3.60. The first-order chi connectivity index (χ1) is 29.3. The Labute approximate surface area is 335 Å². The number of fused-ring (bicyclic) bond motifs is 19. The molecular weight excluding hydrogens is 717 g/mol. The van der Waals surface area contributed by atoms with Gasteiger partial charge in [-0.15, -0.1) is 0 Å². The fourth-order valence-electron chi connectivity index (χ4n) is 11.1. The highest BCUT2D eigenvalue weighted by Gasteiger charge is 2.27. The minimum atomic E-state index is 1.01. The van der Waals surface area contributed by atoms with Crippen molar-refractivity contribution in [2.45, 2.75) is 0 Å². The fraction of sp³-hybridized carbons (Fsp3) is 0. The van der Waals surface area contributed by atoms with E-state index in [0.717, 1.165) is 22.4 Å². The van der Waals surface area contributed by atoms with Crippen molar-refractivity contribution < 1.29 is 0 Å². The summed E-state index contributed by atoms with van der Waals surface area (Å²) >= 11 is 0. The largest absolute Gasteiger partial charge is 0.309 e. The van der Waals surface area contributed by atoms with E-state index in [-0.39, 0.29) is 0 Å². The smallest absolute Gasteiger partial charge is 0.146 e. The van der Waals surface area contributed by atoms with Gasteiger partial charge in [-0.1, -0.05) is 127 Å². The molecule has 6 aromatic heterocycles. The standard InChI is InChI=1S/C55H30N4/c1-2-15-34(16-3-1)57-45-23-10-9-20-38(45)42-28-33(25-26-47(42)57)41-27-31-13-4-6-17-35(31)49-50-36-18-7-5-14-32(36)29-44-51-48(58(53(41)49)54(44)50)30-43-40-22-12-21-39-37-19-8-11-24-46(37)59(52(39)40)55(43)56-51/h1-30H. The highest BCUT2D eigenvalue weighted by Crippen LogP contribution is 2.49. The maximum Gasteiger partial charge on any atom is 0.146 e. The number of pyridine rings is 1. The minimum absolute atomic E-state index is 1.01. The van der Waals surface area contributed by atoms with Gasteiger partial charge < -0.3 is 8.97 Å². The number of hydrogen-bond donors (Lipinski definition) is 0. The molecule has 6 heterocycles. The van der Waals surface area contributed by atoms with Crippen LogP contribution >= 0.6 is 0 Å². The van der Waals surface area contributed by atoms with Crippen LogP contribution in [0.3, 0.4) is 0 Å². The van der Waals surface area contributed by atoms with Gasteiger partial charge in [0.2, 0.25) is 0 Å². The van der Waals surface area contributed by atoms with E-state index in [2.05, 4.69) is 195 Å². The molecule has 270 valence electrons. The lowest BCUT2D eigenvalue weighted by molar-refractivity contribution is 1.18. The van der Waals surface area contributed by atoms with Crippen molar-refractivity contribution in [3.8, 4) is 16.8 Å². The van der Waals surface area contributed by atoms with E-state index < -0.39 is 0 Å². The van der Waals surface area contributed by atoms with Gasteiger partial charge in [0.1, 0.15) is 5.65 Å². The molecule has 0 radical (unpaired) electrons. The fourth-order valence-corrected chi connectivity index (χ4v) is 11.1. The Morgan fingerprint density at radius 3 is 1.75 bits per heavy atom. The van der Waals surface area contributed by atoms with E-state index in [4.69, 9.17) is 4.98 Å². The molecule has 4 heteroatoms. The van der Waals surface area contributed by atoms with Crippen molar-refractivity contribution in [3.63, 3.8) is 0 Å². The third-order valence-electron chi connectivity index (χ3n) is 13.4. The molecule has 0 aliphatic heterocycles. The van der Waals surface area contributed by atoms with Gasteiger partial charge in [-0.2, -0.15) is 0 Å². The molecule has 0 fully saturated rings. The number of nitrogens with zero attached hydrogens (tertiary/aromatic N) is 4. The van der Waals surface area contributed by atoms with Crippen molar-refractivity contribution in [2.24, 2.45) is 0 Å². The summed E-state index contributed by atoms with van der Waals surface area (Å²) in [6.45, 7) is 0. The molecular formula is C55H30N4. The van der Waals surface area contributed by atoms with Crippen molar-refractivity contribution in [2.75, 3.05) is 0 Å². The molecule has 0 saturated heterocycles. The van der Waals surface area contributed by atoms with Gasteiger partial charge in [0.05, 0.1) is 44.1 Å². The molecule has 59 heavy (non-hydrogen) atoms. The van der Waals surface area contributed by atoms with Gasteiger partial charge in [-0.05, 0) is 81.7 Å². The number of aromatic nitrogens is 4. The van der Waals surface area contributed by atoms with Crippen LogP contribution in [0.25, 0.3) is 137 Å². The van der Waals surface area contributed by atoms with Crippen LogP contribution in [-0.2, 0) is 0 Å². The third-order valence-corrected chi connectivity index (χ3v) is 13.4. The van der Waals surface area contributed by atoms with Crippen LogP contribution in [0.4, 0.5) is 0 Å². The second-order valence-electron chi connectivity index (χ2n) is 16.3. The molecule has 0 bridgehead atoms. The van der Waals surface area contributed by atoms with Crippen molar-refractivity contribution in [1.82, 2.24) is 18.4 Å². The summed E-state index contributed by atoms with van der Waals surface area (Å²) in [7, 11) is 0. The van der Waals surface area contributed by atoms with Crippen LogP contribution in [0.1, 0.15) is 0 Å². The number of benzene rings is 9. The quantitative estimate of drug-likeness (QED) is 0.173. The highest BCUT2D eigenvalue weighted by molar-refractivity contribution is 6.37. The summed E-state index contributed by atoms with van der Waals surface area (Å²) in [4.78, 5) is 5.73. The molecule has 9 aromatic carbocycles. The summed E-state index contributed by atoms with van der Waals surface area (Å²) in [6.07, 6.45) is 0. The lowest BCUT2D eigenvalue weighted by Crippen LogP contribution is -1.93. The topological polar surface area (TPSA) is 26.6 Å². The van der Waals surface area contributed by atoms with Gasteiger partial charge in [-0.3, -0.25) is 4.40 Å².